The molecule has 0 unspecified atom stereocenters. The van der Waals surface area contributed by atoms with E-state index in [2.05, 4.69) is 25.7 Å². The second-order valence-corrected chi connectivity index (χ2v) is 12.4. The van der Waals surface area contributed by atoms with Gasteiger partial charge >= 0.3 is 0 Å². The number of nitrogens with zero attached hydrogens (tertiary/aromatic N) is 5. The van der Waals surface area contributed by atoms with Gasteiger partial charge in [0.05, 0.1) is 24.5 Å². The number of ether oxygens (including phenoxy) is 1. The highest BCUT2D eigenvalue weighted by atomic mass is 35.5. The van der Waals surface area contributed by atoms with Crippen molar-refractivity contribution in [3.63, 3.8) is 0 Å². The van der Waals surface area contributed by atoms with Crippen LogP contribution in [0.5, 0.6) is 0 Å². The van der Waals surface area contributed by atoms with Crippen molar-refractivity contribution in [3.05, 3.63) is 62.5 Å². The largest absolute Gasteiger partial charge is 0.377 e. The zero-order valence-electron chi connectivity index (χ0n) is 20.1. The molecule has 1 amide bonds. The molecule has 2 aromatic heterocycles. The first kappa shape index (κ1) is 21.5. The van der Waals surface area contributed by atoms with Crippen LogP contribution in [0.2, 0.25) is 5.02 Å². The quantitative estimate of drug-likeness (QED) is 0.508. The fourth-order valence-corrected chi connectivity index (χ4v) is 8.07. The number of morpholine rings is 1. The van der Waals surface area contributed by atoms with Crippen LogP contribution in [0.25, 0.3) is 5.00 Å². The molecule has 0 radical (unpaired) electrons. The smallest absolute Gasteiger partial charge is 0.227 e. The normalized spacial score (nSPS) is 24.2. The van der Waals surface area contributed by atoms with Crippen molar-refractivity contribution in [2.45, 2.75) is 56.5 Å². The standard InChI is InChI=1S/C27H26ClN5O2S/c1-15-30-31-25-27(8-9-27)29-22(17-4-2-3-5-19(17)28)21-18-12-16(13-20(18)36-24(21)33(15)25)23(34)32-10-11-35-14-26(32)6-7-26/h2-5,16H,6-14H2,1H3/t16-/m0/s1. The van der Waals surface area contributed by atoms with Crippen LogP contribution < -0.4 is 0 Å². The summed E-state index contributed by atoms with van der Waals surface area (Å²) >= 11 is 8.54. The van der Waals surface area contributed by atoms with Gasteiger partial charge in [0.15, 0.2) is 5.82 Å². The molecule has 3 fully saturated rings. The number of hydrogen-bond acceptors (Lipinski definition) is 6. The fraction of sp³-hybridized carbons (Fsp3) is 0.481. The monoisotopic (exact) mass is 519 g/mol. The first-order chi connectivity index (χ1) is 17.5. The maximum atomic E-state index is 13.8. The fourth-order valence-electron chi connectivity index (χ4n) is 6.38. The molecule has 2 aliphatic heterocycles. The SMILES string of the molecule is Cc1nnc2n1-c1sc3c(c1C(c1ccccc1Cl)=NC21CC1)C[C@H](C(=O)N1CCOCC12CC2)C3. The van der Waals surface area contributed by atoms with Gasteiger partial charge in [0, 0.05) is 33.5 Å². The van der Waals surface area contributed by atoms with Crippen molar-refractivity contribution in [1.29, 1.82) is 0 Å². The van der Waals surface area contributed by atoms with Gasteiger partial charge in [-0.15, -0.1) is 21.5 Å². The molecule has 1 aromatic carbocycles. The maximum Gasteiger partial charge on any atom is 0.227 e. The number of thiophene rings is 1. The van der Waals surface area contributed by atoms with E-state index in [0.29, 0.717) is 24.8 Å². The highest BCUT2D eigenvalue weighted by molar-refractivity contribution is 7.15. The number of hydrogen-bond donors (Lipinski definition) is 0. The Morgan fingerprint density at radius 3 is 2.78 bits per heavy atom. The Morgan fingerprint density at radius 1 is 1.17 bits per heavy atom. The lowest BCUT2D eigenvalue weighted by molar-refractivity contribution is -0.145. The van der Waals surface area contributed by atoms with Gasteiger partial charge in [-0.2, -0.15) is 0 Å². The van der Waals surface area contributed by atoms with Crippen molar-refractivity contribution in [1.82, 2.24) is 19.7 Å². The van der Waals surface area contributed by atoms with Crippen LogP contribution in [0, 0.1) is 12.8 Å². The van der Waals surface area contributed by atoms with Gasteiger partial charge in [-0.05, 0) is 57.1 Å². The number of aliphatic imine (C=N–C) groups is 1. The minimum Gasteiger partial charge on any atom is -0.377 e. The van der Waals surface area contributed by atoms with Gasteiger partial charge in [-0.3, -0.25) is 14.4 Å². The second kappa shape index (κ2) is 7.27. The number of rotatable bonds is 2. The van der Waals surface area contributed by atoms with E-state index in [1.54, 1.807) is 11.3 Å². The lowest BCUT2D eigenvalue weighted by Gasteiger charge is -2.37. The van der Waals surface area contributed by atoms with Crippen molar-refractivity contribution < 1.29 is 9.53 Å². The summed E-state index contributed by atoms with van der Waals surface area (Å²) in [4.78, 5) is 22.6. The van der Waals surface area contributed by atoms with E-state index in [0.717, 1.165) is 72.0 Å². The summed E-state index contributed by atoms with van der Waals surface area (Å²) < 4.78 is 7.95. The first-order valence-corrected chi connectivity index (χ1v) is 14.0. The first-order valence-electron chi connectivity index (χ1n) is 12.8. The number of halogens is 1. The summed E-state index contributed by atoms with van der Waals surface area (Å²) in [5.41, 5.74) is 3.87. The van der Waals surface area contributed by atoms with Gasteiger partial charge in [-0.25, -0.2) is 0 Å². The van der Waals surface area contributed by atoms with Crippen LogP contribution in [0.15, 0.2) is 29.3 Å². The molecule has 36 heavy (non-hydrogen) atoms. The minimum absolute atomic E-state index is 0.0285. The number of benzene rings is 1. The molecule has 184 valence electrons. The number of fused-ring (bicyclic) bond motifs is 6. The molecule has 7 nitrogen and oxygen atoms in total. The van der Waals surface area contributed by atoms with Crippen LogP contribution in [-0.2, 0) is 27.9 Å². The van der Waals surface area contributed by atoms with Crippen LogP contribution >= 0.6 is 22.9 Å². The van der Waals surface area contributed by atoms with Gasteiger partial charge in [0.1, 0.15) is 16.4 Å². The predicted octanol–water partition coefficient (Wildman–Crippen LogP) is 4.24. The molecule has 3 aliphatic carbocycles. The summed E-state index contributed by atoms with van der Waals surface area (Å²) in [7, 11) is 0. The Balaban J connectivity index is 1.26. The minimum atomic E-state index is -0.346. The second-order valence-electron chi connectivity index (χ2n) is 10.9. The molecule has 0 N–H and O–H groups in total. The van der Waals surface area contributed by atoms with Crippen LogP contribution in [0.1, 0.15) is 58.9 Å². The third-order valence-electron chi connectivity index (χ3n) is 8.66. The van der Waals surface area contributed by atoms with E-state index in [-0.39, 0.29) is 22.9 Å². The molecule has 8 rings (SSSR count). The molecular weight excluding hydrogens is 494 g/mol. The van der Waals surface area contributed by atoms with Crippen molar-refractivity contribution in [2.75, 3.05) is 19.8 Å². The van der Waals surface area contributed by atoms with Crippen molar-refractivity contribution >= 4 is 34.6 Å². The lowest BCUT2D eigenvalue weighted by Crippen LogP contribution is -2.52. The zero-order valence-corrected chi connectivity index (χ0v) is 21.7. The van der Waals surface area contributed by atoms with E-state index in [4.69, 9.17) is 21.3 Å². The Kier molecular flexibility index (Phi) is 4.35. The van der Waals surface area contributed by atoms with E-state index in [9.17, 15) is 4.79 Å². The average molecular weight is 520 g/mol. The molecule has 1 atom stereocenters. The van der Waals surface area contributed by atoms with Crippen LogP contribution in [-0.4, -0.2) is 56.6 Å². The highest BCUT2D eigenvalue weighted by Gasteiger charge is 2.55. The Labute approximate surface area is 218 Å². The number of carbonyl (C=O) groups excluding carboxylic acids is 1. The molecule has 1 saturated heterocycles. The zero-order chi connectivity index (χ0) is 24.2. The number of aromatic nitrogens is 3. The topological polar surface area (TPSA) is 72.6 Å². The molecule has 9 heteroatoms. The summed E-state index contributed by atoms with van der Waals surface area (Å²) in [5.74, 6) is 2.07. The molecular formula is C27H26ClN5O2S. The van der Waals surface area contributed by atoms with Crippen molar-refractivity contribution in [2.24, 2.45) is 10.9 Å². The molecule has 0 bridgehead atoms. The van der Waals surface area contributed by atoms with E-state index in [1.165, 1.54) is 10.4 Å². The molecule has 3 aromatic rings. The number of amides is 1. The third-order valence-corrected chi connectivity index (χ3v) is 10.2. The summed E-state index contributed by atoms with van der Waals surface area (Å²) in [6, 6.07) is 7.97. The molecule has 5 aliphatic rings. The average Bonchev–Trinajstić information content (AvgIpc) is 3.70. The van der Waals surface area contributed by atoms with Crippen LogP contribution in [0.4, 0.5) is 0 Å². The summed E-state index contributed by atoms with van der Waals surface area (Å²) in [6.45, 7) is 4.04. The Bertz CT molecular complexity index is 1480. The Morgan fingerprint density at radius 2 is 2.00 bits per heavy atom. The van der Waals surface area contributed by atoms with Gasteiger partial charge in [-0.1, -0.05) is 29.8 Å². The molecule has 4 heterocycles. The lowest BCUT2D eigenvalue weighted by atomic mass is 9.96. The van der Waals surface area contributed by atoms with Gasteiger partial charge < -0.3 is 9.64 Å². The van der Waals surface area contributed by atoms with Crippen molar-refractivity contribution in [3.8, 4) is 5.00 Å². The van der Waals surface area contributed by atoms with Gasteiger partial charge in [0.2, 0.25) is 5.91 Å². The summed E-state index contributed by atoms with van der Waals surface area (Å²) in [6.07, 6.45) is 5.54. The van der Waals surface area contributed by atoms with E-state index in [1.807, 2.05) is 25.1 Å². The molecule has 2 spiro atoms. The number of carbonyl (C=O) groups is 1. The predicted molar refractivity (Wildman–Crippen MR) is 137 cm³/mol. The Hall–Kier alpha value is -2.55. The highest BCUT2D eigenvalue weighted by Crippen LogP contribution is 2.54. The molecule has 2 saturated carbocycles. The van der Waals surface area contributed by atoms with E-state index >= 15 is 0 Å². The number of aryl methyl sites for hydroxylation is 1. The van der Waals surface area contributed by atoms with Gasteiger partial charge in [0.25, 0.3) is 0 Å². The third kappa shape index (κ3) is 2.89. The maximum absolute atomic E-state index is 13.8. The van der Waals surface area contributed by atoms with E-state index < -0.39 is 0 Å². The van der Waals surface area contributed by atoms with Crippen LogP contribution in [0.3, 0.4) is 0 Å². The summed E-state index contributed by atoms with van der Waals surface area (Å²) in [5, 5.41) is 10.9.